The SMILES string of the molecule is [2H]C([2H])([2H])c1cc2c3c(c1)N(c1cc4c(cc1C)C(C)(C)CC4(C)C)c1cc4c(cc1B3c1ccc(N(c3ccc(C(C)(C)C)cc3)c3ccc(C(C)(C)C)cc3)cc1N2c1ccc2c(c1)-c1ccccc1C2(C)C)C(C)(C)CCC4(C)C. The lowest BCUT2D eigenvalue weighted by Gasteiger charge is -2.48. The summed E-state index contributed by atoms with van der Waals surface area (Å²) in [5.41, 5.74) is 27.2. The highest BCUT2D eigenvalue weighted by Crippen LogP contribution is 2.56. The molecular weight excluding hydrogens is 966 g/mol. The first-order valence-electron chi connectivity index (χ1n) is 31.2. The third-order valence-electron chi connectivity index (χ3n) is 20.0. The van der Waals surface area contributed by atoms with Crippen LogP contribution in [0.25, 0.3) is 11.1 Å². The van der Waals surface area contributed by atoms with Gasteiger partial charge >= 0.3 is 0 Å². The van der Waals surface area contributed by atoms with Crippen LogP contribution in [0.1, 0.15) is 190 Å². The van der Waals surface area contributed by atoms with Gasteiger partial charge in [-0.15, -0.1) is 0 Å². The zero-order valence-electron chi connectivity index (χ0n) is 53.9. The zero-order chi connectivity index (χ0) is 59.3. The molecule has 80 heavy (non-hydrogen) atoms. The molecule has 5 aliphatic rings. The van der Waals surface area contributed by atoms with Crippen LogP contribution < -0.4 is 31.1 Å². The molecule has 0 bridgehead atoms. The summed E-state index contributed by atoms with van der Waals surface area (Å²) in [6.45, 7) is 37.3. The maximum absolute atomic E-state index is 9.42. The van der Waals surface area contributed by atoms with E-state index in [0.29, 0.717) is 5.56 Å². The van der Waals surface area contributed by atoms with Crippen molar-refractivity contribution in [3.8, 4) is 11.1 Å². The molecule has 0 N–H and O–H groups in total. The molecule has 13 rings (SSSR count). The number of hydrogen-bond donors (Lipinski definition) is 0. The van der Waals surface area contributed by atoms with Gasteiger partial charge in [0.15, 0.2) is 0 Å². The van der Waals surface area contributed by atoms with Crippen molar-refractivity contribution >= 4 is 74.3 Å². The number of anilines is 9. The van der Waals surface area contributed by atoms with E-state index in [2.05, 4.69) is 266 Å². The van der Waals surface area contributed by atoms with Gasteiger partial charge < -0.3 is 14.7 Å². The fourth-order valence-electron chi connectivity index (χ4n) is 15.6. The van der Waals surface area contributed by atoms with Crippen LogP contribution in [0.3, 0.4) is 0 Å². The highest BCUT2D eigenvalue weighted by molar-refractivity contribution is 7.00. The van der Waals surface area contributed by atoms with Crippen LogP contribution in [0.5, 0.6) is 0 Å². The fourth-order valence-corrected chi connectivity index (χ4v) is 15.6. The summed E-state index contributed by atoms with van der Waals surface area (Å²) in [5.74, 6) is 0. The molecule has 2 heterocycles. The van der Waals surface area contributed by atoms with Gasteiger partial charge in [-0.05, 0) is 221 Å². The first-order chi connectivity index (χ1) is 38.7. The Labute approximate surface area is 484 Å². The molecule has 0 amide bonds. The number of benzene rings is 8. The molecule has 3 aliphatic carbocycles. The minimum atomic E-state index is -2.42. The van der Waals surface area contributed by atoms with E-state index in [-0.39, 0.29) is 44.6 Å². The lowest BCUT2D eigenvalue weighted by atomic mass is 9.33. The van der Waals surface area contributed by atoms with Gasteiger partial charge in [0.05, 0.1) is 0 Å². The molecule has 0 fully saturated rings. The molecule has 0 saturated carbocycles. The smallest absolute Gasteiger partial charge is 0.252 e. The van der Waals surface area contributed by atoms with Crippen molar-refractivity contribution in [3.63, 3.8) is 0 Å². The topological polar surface area (TPSA) is 9.72 Å². The fraction of sp³-hybridized carbons (Fsp3) is 0.368. The van der Waals surface area contributed by atoms with E-state index < -0.39 is 6.85 Å². The van der Waals surface area contributed by atoms with Gasteiger partial charge in [-0.25, -0.2) is 0 Å². The molecule has 0 spiro atoms. The van der Waals surface area contributed by atoms with Gasteiger partial charge in [-0.3, -0.25) is 0 Å². The summed E-state index contributed by atoms with van der Waals surface area (Å²) in [7, 11) is 0. The van der Waals surface area contributed by atoms with Crippen LogP contribution in [0.15, 0.2) is 146 Å². The maximum Gasteiger partial charge on any atom is 0.252 e. The number of rotatable bonds is 5. The lowest BCUT2D eigenvalue weighted by molar-refractivity contribution is 0.332. The van der Waals surface area contributed by atoms with Crippen molar-refractivity contribution < 1.29 is 4.11 Å². The van der Waals surface area contributed by atoms with E-state index in [9.17, 15) is 4.11 Å². The van der Waals surface area contributed by atoms with Crippen LogP contribution >= 0.6 is 0 Å². The van der Waals surface area contributed by atoms with E-state index in [1.54, 1.807) is 0 Å². The van der Waals surface area contributed by atoms with Gasteiger partial charge in [0, 0.05) is 60.7 Å². The zero-order valence-corrected chi connectivity index (χ0v) is 50.9. The third kappa shape index (κ3) is 7.87. The summed E-state index contributed by atoms with van der Waals surface area (Å²) in [6.07, 6.45) is 3.22. The normalized spacial score (nSPS) is 18.9. The van der Waals surface area contributed by atoms with E-state index >= 15 is 0 Å². The van der Waals surface area contributed by atoms with Crippen LogP contribution in [0.2, 0.25) is 0 Å². The Hall–Kier alpha value is -6.78. The third-order valence-corrected chi connectivity index (χ3v) is 20.0. The summed E-state index contributed by atoms with van der Waals surface area (Å²) < 4.78 is 28.3. The maximum atomic E-state index is 9.42. The van der Waals surface area contributed by atoms with E-state index in [4.69, 9.17) is 0 Å². The summed E-state index contributed by atoms with van der Waals surface area (Å²) in [4.78, 5) is 7.37. The van der Waals surface area contributed by atoms with Crippen LogP contribution in [0.4, 0.5) is 51.2 Å². The highest BCUT2D eigenvalue weighted by atomic mass is 15.2. The summed E-state index contributed by atoms with van der Waals surface area (Å²) in [6, 6.07) is 55.5. The van der Waals surface area contributed by atoms with Gasteiger partial charge in [-0.1, -0.05) is 184 Å². The van der Waals surface area contributed by atoms with E-state index in [0.717, 1.165) is 75.9 Å². The van der Waals surface area contributed by atoms with Crippen molar-refractivity contribution in [2.24, 2.45) is 0 Å². The van der Waals surface area contributed by atoms with E-state index in [1.807, 2.05) is 12.1 Å². The average Bonchev–Trinajstić information content (AvgIpc) is 1.34. The molecule has 8 aromatic carbocycles. The molecule has 0 saturated heterocycles. The van der Waals surface area contributed by atoms with E-state index in [1.165, 1.54) is 72.1 Å². The minimum absolute atomic E-state index is 0.0119. The van der Waals surface area contributed by atoms with Crippen molar-refractivity contribution in [3.05, 3.63) is 201 Å². The van der Waals surface area contributed by atoms with Crippen molar-refractivity contribution in [1.82, 2.24) is 0 Å². The van der Waals surface area contributed by atoms with Crippen molar-refractivity contribution in [2.75, 3.05) is 14.7 Å². The average molecular weight is 1050 g/mol. The number of hydrogen-bond acceptors (Lipinski definition) is 3. The quantitative estimate of drug-likeness (QED) is 0.159. The Balaban J connectivity index is 1.15. The highest BCUT2D eigenvalue weighted by Gasteiger charge is 2.49. The Kier molecular flexibility index (Phi) is 10.5. The largest absolute Gasteiger partial charge is 0.311 e. The van der Waals surface area contributed by atoms with Crippen LogP contribution in [0, 0.1) is 13.8 Å². The van der Waals surface area contributed by atoms with Crippen LogP contribution in [-0.4, -0.2) is 6.71 Å². The monoisotopic (exact) mass is 1050 g/mol. The Morgan fingerprint density at radius 3 is 1.56 bits per heavy atom. The Morgan fingerprint density at radius 1 is 0.450 bits per heavy atom. The Morgan fingerprint density at radius 2 is 0.963 bits per heavy atom. The van der Waals surface area contributed by atoms with Gasteiger partial charge in [0.25, 0.3) is 6.71 Å². The number of nitrogens with zero attached hydrogens (tertiary/aromatic N) is 3. The molecule has 0 unspecified atom stereocenters. The molecule has 406 valence electrons. The predicted molar refractivity (Wildman–Crippen MR) is 346 cm³/mol. The molecule has 0 radical (unpaired) electrons. The molecule has 0 aromatic heterocycles. The van der Waals surface area contributed by atoms with Gasteiger partial charge in [0.2, 0.25) is 0 Å². The van der Waals surface area contributed by atoms with Gasteiger partial charge in [0.1, 0.15) is 0 Å². The van der Waals surface area contributed by atoms with Crippen molar-refractivity contribution in [1.29, 1.82) is 0 Å². The number of fused-ring (bicyclic) bond motifs is 9. The minimum Gasteiger partial charge on any atom is -0.311 e. The standard InChI is InChI=1S/C76H84BN3/c1-46-37-67-69-68(38-46)80(64-43-61-58(39-47(64)2)74(13,14)45-75(61,15)16)66-44-60-59(72(9,10)35-36-73(60,11)12)42-63(66)77(69)62-34-32-53(41-65(62)79(67)52-31-33-57-55(40-52)54-21-19-20-22-56(54)76(57,17)18)78(50-27-23-48(24-28-50)70(3,4)5)51-29-25-49(26-30-51)71(6,7)8/h19-34,37-44H,35-36,45H2,1-18H3/i1D3. The predicted octanol–water partition coefficient (Wildman–Crippen LogP) is 19.1. The summed E-state index contributed by atoms with van der Waals surface area (Å²) >= 11 is 0. The second-order valence-electron chi connectivity index (χ2n) is 30.0. The number of aryl methyl sites for hydroxylation is 2. The first kappa shape index (κ1) is 49.1. The molecular formula is C76H84BN3. The second kappa shape index (κ2) is 17.1. The second-order valence-corrected chi connectivity index (χ2v) is 30.0. The van der Waals surface area contributed by atoms with Crippen LogP contribution in [-0.2, 0) is 37.9 Å². The van der Waals surface area contributed by atoms with Gasteiger partial charge in [-0.2, -0.15) is 0 Å². The first-order valence-corrected chi connectivity index (χ1v) is 29.7. The molecule has 2 aliphatic heterocycles. The van der Waals surface area contributed by atoms with Crippen molar-refractivity contribution in [2.45, 2.75) is 182 Å². The molecule has 4 heteroatoms. The molecule has 3 nitrogen and oxygen atoms in total. The summed E-state index contributed by atoms with van der Waals surface area (Å²) in [5, 5.41) is 0. The molecule has 0 atom stereocenters. The Bertz CT molecular complexity index is 3950. The lowest BCUT2D eigenvalue weighted by Crippen LogP contribution is -2.62. The molecule has 8 aromatic rings.